The molecule has 0 spiro atoms. The van der Waals surface area contributed by atoms with Crippen LogP contribution in [0.25, 0.3) is 0 Å². The topological polar surface area (TPSA) is 19.4 Å². The number of hydrogen-bond donors (Lipinski definition) is 0. The van der Waals surface area contributed by atoms with Crippen molar-refractivity contribution < 1.29 is 18.9 Å². The molecule has 0 bridgehead atoms. The zero-order valence-corrected chi connectivity index (χ0v) is 9.61. The fourth-order valence-corrected chi connectivity index (χ4v) is 1.79. The van der Waals surface area contributed by atoms with Crippen LogP contribution >= 0.6 is 0 Å². The Morgan fingerprint density at radius 1 is 1.33 bits per heavy atom. The SMILES string of the molecule is CCN1CCN(c2ccc[c-]n2)CC1.[Li+]. The quantitative estimate of drug-likeness (QED) is 0.405. The predicted molar refractivity (Wildman–Crippen MR) is 57.4 cm³/mol. The van der Waals surface area contributed by atoms with Gasteiger partial charge < -0.3 is 14.8 Å². The molecule has 0 aromatic carbocycles. The number of anilines is 1. The van der Waals surface area contributed by atoms with Crippen LogP contribution in [0.3, 0.4) is 0 Å². The van der Waals surface area contributed by atoms with Gasteiger partial charge in [-0.25, -0.2) is 0 Å². The molecule has 1 saturated heterocycles. The molecule has 1 aromatic rings. The maximum Gasteiger partial charge on any atom is 1.00 e. The van der Waals surface area contributed by atoms with Crippen molar-refractivity contribution in [1.82, 2.24) is 9.88 Å². The molecule has 0 atom stereocenters. The summed E-state index contributed by atoms with van der Waals surface area (Å²) in [5, 5.41) is 0. The molecule has 1 aliphatic heterocycles. The minimum Gasteiger partial charge on any atom is -0.406 e. The summed E-state index contributed by atoms with van der Waals surface area (Å²) in [4.78, 5) is 9.02. The van der Waals surface area contributed by atoms with Crippen LogP contribution < -0.4 is 23.8 Å². The summed E-state index contributed by atoms with van der Waals surface area (Å²) in [6, 6.07) is 5.89. The van der Waals surface area contributed by atoms with Gasteiger partial charge in [-0.15, -0.1) is 6.07 Å². The third-order valence-corrected chi connectivity index (χ3v) is 2.74. The second-order valence-corrected chi connectivity index (χ2v) is 3.55. The monoisotopic (exact) mass is 197 g/mol. The van der Waals surface area contributed by atoms with E-state index in [4.69, 9.17) is 0 Å². The van der Waals surface area contributed by atoms with Crippen molar-refractivity contribution >= 4 is 5.82 Å². The standard InChI is InChI=1S/C11H16N3.Li/c1-2-13-7-9-14(10-8-13)11-5-3-4-6-12-11;/h3-5H,2,7-10H2,1H3;/q-1;+1. The van der Waals surface area contributed by atoms with E-state index in [-0.39, 0.29) is 18.9 Å². The number of piperazine rings is 1. The molecular formula is C11H16LiN3. The number of aromatic nitrogens is 1. The molecule has 0 aliphatic carbocycles. The van der Waals surface area contributed by atoms with Crippen LogP contribution in [0.1, 0.15) is 6.92 Å². The van der Waals surface area contributed by atoms with Crippen LogP contribution in [0, 0.1) is 6.20 Å². The van der Waals surface area contributed by atoms with Crippen molar-refractivity contribution in [1.29, 1.82) is 0 Å². The minimum atomic E-state index is 0. The molecule has 2 rings (SSSR count). The molecule has 1 fully saturated rings. The van der Waals surface area contributed by atoms with Gasteiger partial charge in [0.1, 0.15) is 0 Å². The molecule has 0 radical (unpaired) electrons. The molecule has 0 N–H and O–H groups in total. The molecule has 1 aliphatic rings. The number of hydrogen-bond acceptors (Lipinski definition) is 3. The fraction of sp³-hybridized carbons (Fsp3) is 0.545. The molecule has 1 aromatic heterocycles. The van der Waals surface area contributed by atoms with E-state index >= 15 is 0 Å². The molecular weight excluding hydrogens is 181 g/mol. The van der Waals surface area contributed by atoms with Gasteiger partial charge in [-0.05, 0) is 6.54 Å². The van der Waals surface area contributed by atoms with E-state index in [9.17, 15) is 0 Å². The van der Waals surface area contributed by atoms with E-state index < -0.39 is 0 Å². The van der Waals surface area contributed by atoms with Crippen LogP contribution in [0.4, 0.5) is 5.82 Å². The summed E-state index contributed by atoms with van der Waals surface area (Å²) < 4.78 is 0. The number of rotatable bonds is 2. The normalized spacial score (nSPS) is 17.3. The average Bonchev–Trinajstić information content (AvgIpc) is 2.30. The first-order valence-electron chi connectivity index (χ1n) is 5.20. The maximum atomic E-state index is 4.24. The molecule has 2 heterocycles. The van der Waals surface area contributed by atoms with Crippen molar-refractivity contribution in [2.24, 2.45) is 0 Å². The van der Waals surface area contributed by atoms with Crippen LogP contribution in [-0.2, 0) is 0 Å². The first kappa shape index (κ1) is 12.6. The Bertz CT molecular complexity index is 270. The number of pyridine rings is 1. The summed E-state index contributed by atoms with van der Waals surface area (Å²) in [6.45, 7) is 7.82. The van der Waals surface area contributed by atoms with Gasteiger partial charge in [0.2, 0.25) is 0 Å². The van der Waals surface area contributed by atoms with E-state index in [1.807, 2.05) is 12.1 Å². The zero-order chi connectivity index (χ0) is 9.80. The predicted octanol–water partition coefficient (Wildman–Crippen LogP) is -1.97. The second kappa shape index (κ2) is 6.17. The molecule has 15 heavy (non-hydrogen) atoms. The fourth-order valence-electron chi connectivity index (χ4n) is 1.79. The molecule has 76 valence electrons. The third kappa shape index (κ3) is 3.24. The van der Waals surface area contributed by atoms with Gasteiger partial charge in [0, 0.05) is 32.0 Å². The van der Waals surface area contributed by atoms with Gasteiger partial charge in [-0.3, -0.25) is 0 Å². The van der Waals surface area contributed by atoms with Crippen molar-refractivity contribution in [2.45, 2.75) is 6.92 Å². The van der Waals surface area contributed by atoms with Crippen LogP contribution in [-0.4, -0.2) is 42.6 Å². The maximum absolute atomic E-state index is 4.24. The van der Waals surface area contributed by atoms with Gasteiger partial charge >= 0.3 is 18.9 Å². The smallest absolute Gasteiger partial charge is 0.406 e. The Hall–Kier alpha value is -0.493. The first-order chi connectivity index (χ1) is 6.90. The van der Waals surface area contributed by atoms with Gasteiger partial charge in [0.25, 0.3) is 0 Å². The summed E-state index contributed by atoms with van der Waals surface area (Å²) in [5.41, 5.74) is 0. The number of likely N-dealkylation sites (N-methyl/N-ethyl adjacent to an activating group) is 1. The van der Waals surface area contributed by atoms with E-state index in [1.165, 1.54) is 0 Å². The largest absolute Gasteiger partial charge is 1.00 e. The molecule has 0 unspecified atom stereocenters. The Kier molecular flexibility index (Phi) is 5.17. The average molecular weight is 197 g/mol. The minimum absolute atomic E-state index is 0. The molecule has 0 saturated carbocycles. The summed E-state index contributed by atoms with van der Waals surface area (Å²) in [5.74, 6) is 1.06. The first-order valence-corrected chi connectivity index (χ1v) is 5.20. The summed E-state index contributed by atoms with van der Waals surface area (Å²) in [6.07, 6.45) is 2.88. The van der Waals surface area contributed by atoms with Crippen molar-refractivity contribution in [3.05, 3.63) is 24.4 Å². The van der Waals surface area contributed by atoms with E-state index in [0.717, 1.165) is 38.5 Å². The summed E-state index contributed by atoms with van der Waals surface area (Å²) in [7, 11) is 0. The van der Waals surface area contributed by atoms with Crippen LogP contribution in [0.2, 0.25) is 0 Å². The van der Waals surface area contributed by atoms with E-state index in [2.05, 4.69) is 34.0 Å². The van der Waals surface area contributed by atoms with Gasteiger partial charge in [0.15, 0.2) is 0 Å². The van der Waals surface area contributed by atoms with Crippen LogP contribution in [0.5, 0.6) is 0 Å². The molecule has 0 amide bonds. The van der Waals surface area contributed by atoms with E-state index in [1.54, 1.807) is 0 Å². The van der Waals surface area contributed by atoms with Crippen LogP contribution in [0.15, 0.2) is 18.2 Å². The van der Waals surface area contributed by atoms with Gasteiger partial charge in [-0.1, -0.05) is 13.1 Å². The number of nitrogens with zero attached hydrogens (tertiary/aromatic N) is 3. The Morgan fingerprint density at radius 3 is 2.60 bits per heavy atom. The Balaban J connectivity index is 0.00000112. The Morgan fingerprint density at radius 2 is 2.07 bits per heavy atom. The van der Waals surface area contributed by atoms with E-state index in [0.29, 0.717) is 0 Å². The zero-order valence-electron chi connectivity index (χ0n) is 9.61. The van der Waals surface area contributed by atoms with Gasteiger partial charge in [-0.2, -0.15) is 12.1 Å². The molecule has 3 nitrogen and oxygen atoms in total. The van der Waals surface area contributed by atoms with Crippen molar-refractivity contribution in [3.63, 3.8) is 0 Å². The van der Waals surface area contributed by atoms with Gasteiger partial charge in [0.05, 0.1) is 0 Å². The third-order valence-electron chi connectivity index (χ3n) is 2.74. The second-order valence-electron chi connectivity index (χ2n) is 3.55. The molecule has 4 heteroatoms. The van der Waals surface area contributed by atoms with Crippen molar-refractivity contribution in [3.8, 4) is 0 Å². The summed E-state index contributed by atoms with van der Waals surface area (Å²) >= 11 is 0. The Labute approximate surface area is 104 Å². The van der Waals surface area contributed by atoms with Crippen molar-refractivity contribution in [2.75, 3.05) is 37.6 Å².